The summed E-state index contributed by atoms with van der Waals surface area (Å²) in [4.78, 5) is 26.7. The van der Waals surface area contributed by atoms with E-state index in [1.807, 2.05) is 24.3 Å². The fraction of sp³-hybridized carbons (Fsp3) is 0.350. The number of pyridine rings is 1. The summed E-state index contributed by atoms with van der Waals surface area (Å²) in [6.07, 6.45) is 1.83. The molecule has 25 heavy (non-hydrogen) atoms. The second kappa shape index (κ2) is 6.94. The van der Waals surface area contributed by atoms with Crippen molar-refractivity contribution >= 4 is 5.91 Å². The van der Waals surface area contributed by atoms with Gasteiger partial charge < -0.3 is 10.3 Å². The smallest absolute Gasteiger partial charge is 0.266 e. The highest BCUT2D eigenvalue weighted by molar-refractivity contribution is 5.77. The third-order valence-electron chi connectivity index (χ3n) is 4.89. The topological polar surface area (TPSA) is 85.8 Å². The average molecular weight is 335 g/mol. The molecule has 0 unspecified atom stereocenters. The van der Waals surface area contributed by atoms with Crippen molar-refractivity contribution in [1.29, 1.82) is 5.26 Å². The van der Waals surface area contributed by atoms with Crippen molar-refractivity contribution in [3.05, 3.63) is 68.6 Å². The lowest BCUT2D eigenvalue weighted by Gasteiger charge is -2.11. The molecule has 128 valence electrons. The molecule has 2 N–H and O–H groups in total. The summed E-state index contributed by atoms with van der Waals surface area (Å²) < 4.78 is 0. The number of benzene rings is 1. The Balaban J connectivity index is 1.59. The molecule has 1 aromatic carbocycles. The standard InChI is InChI=1S/C20H21N3O2/c1-12-15(13(2)22-20(25)17(12)11-21)8-9-19(24)23-18-10-16(18)14-6-4-3-5-7-14/h3-7,16,18H,8-10H2,1-2H3,(H,22,25)(H,23,24)/t16-,18-/m1/s1. The Labute approximate surface area is 146 Å². The number of aryl methyl sites for hydroxylation is 1. The fourth-order valence-corrected chi connectivity index (χ4v) is 3.36. The molecule has 0 radical (unpaired) electrons. The average Bonchev–Trinajstić information content (AvgIpc) is 3.34. The van der Waals surface area contributed by atoms with Gasteiger partial charge in [-0.25, -0.2) is 0 Å². The van der Waals surface area contributed by atoms with Crippen LogP contribution >= 0.6 is 0 Å². The first-order valence-electron chi connectivity index (χ1n) is 8.48. The molecule has 1 heterocycles. The van der Waals surface area contributed by atoms with E-state index in [2.05, 4.69) is 22.4 Å². The molecule has 2 aromatic rings. The number of aromatic amines is 1. The normalized spacial score (nSPS) is 18.4. The predicted octanol–water partition coefficient (Wildman–Crippen LogP) is 2.47. The van der Waals surface area contributed by atoms with Gasteiger partial charge in [0.25, 0.3) is 5.56 Å². The summed E-state index contributed by atoms with van der Waals surface area (Å²) in [6.45, 7) is 3.56. The maximum absolute atomic E-state index is 12.2. The Morgan fingerprint density at radius 3 is 2.72 bits per heavy atom. The van der Waals surface area contributed by atoms with Crippen LogP contribution in [0, 0.1) is 25.2 Å². The van der Waals surface area contributed by atoms with E-state index in [-0.39, 0.29) is 23.1 Å². The van der Waals surface area contributed by atoms with Crippen LogP contribution in [0.1, 0.15) is 46.7 Å². The number of carbonyl (C=O) groups is 1. The zero-order valence-electron chi connectivity index (χ0n) is 14.4. The van der Waals surface area contributed by atoms with Gasteiger partial charge in [-0.1, -0.05) is 30.3 Å². The lowest BCUT2D eigenvalue weighted by Crippen LogP contribution is -2.27. The highest BCUT2D eigenvalue weighted by Gasteiger charge is 2.39. The second-order valence-corrected chi connectivity index (χ2v) is 6.60. The first-order valence-corrected chi connectivity index (χ1v) is 8.48. The second-order valence-electron chi connectivity index (χ2n) is 6.60. The minimum atomic E-state index is -0.366. The Kier molecular flexibility index (Phi) is 4.71. The van der Waals surface area contributed by atoms with Crippen LogP contribution in [0.2, 0.25) is 0 Å². The number of amides is 1. The van der Waals surface area contributed by atoms with Crippen LogP contribution in [0.4, 0.5) is 0 Å². The largest absolute Gasteiger partial charge is 0.353 e. The summed E-state index contributed by atoms with van der Waals surface area (Å²) in [6, 6.07) is 12.4. The number of hydrogen-bond acceptors (Lipinski definition) is 3. The number of carbonyl (C=O) groups excluding carboxylic acids is 1. The summed E-state index contributed by atoms with van der Waals surface area (Å²) in [5.41, 5.74) is 3.30. The number of nitriles is 1. The molecule has 0 saturated heterocycles. The monoisotopic (exact) mass is 335 g/mol. The minimum absolute atomic E-state index is 0.00642. The van der Waals surface area contributed by atoms with Crippen LogP contribution < -0.4 is 10.9 Å². The zero-order chi connectivity index (χ0) is 18.0. The van der Waals surface area contributed by atoms with Gasteiger partial charge in [0.2, 0.25) is 5.91 Å². The lowest BCUT2D eigenvalue weighted by atomic mass is 9.99. The lowest BCUT2D eigenvalue weighted by molar-refractivity contribution is -0.121. The molecule has 1 amide bonds. The molecule has 0 aliphatic heterocycles. The van der Waals surface area contributed by atoms with E-state index < -0.39 is 0 Å². The van der Waals surface area contributed by atoms with Crippen LogP contribution in [0.15, 0.2) is 35.1 Å². The molecule has 2 atom stereocenters. The summed E-state index contributed by atoms with van der Waals surface area (Å²) in [7, 11) is 0. The summed E-state index contributed by atoms with van der Waals surface area (Å²) >= 11 is 0. The third kappa shape index (κ3) is 3.63. The Hall–Kier alpha value is -2.87. The van der Waals surface area contributed by atoms with E-state index in [1.165, 1.54) is 5.56 Å². The molecule has 5 nitrogen and oxygen atoms in total. The van der Waals surface area contributed by atoms with Gasteiger partial charge in [-0.05, 0) is 43.4 Å². The van der Waals surface area contributed by atoms with Gasteiger partial charge in [-0.15, -0.1) is 0 Å². The van der Waals surface area contributed by atoms with Crippen LogP contribution in [0.25, 0.3) is 0 Å². The number of H-pyrrole nitrogens is 1. The molecule has 1 saturated carbocycles. The van der Waals surface area contributed by atoms with Crippen LogP contribution in [0.5, 0.6) is 0 Å². The van der Waals surface area contributed by atoms with E-state index in [1.54, 1.807) is 13.8 Å². The Bertz CT molecular complexity index is 894. The molecular weight excluding hydrogens is 314 g/mol. The number of rotatable bonds is 5. The third-order valence-corrected chi connectivity index (χ3v) is 4.89. The molecule has 1 fully saturated rings. The van der Waals surface area contributed by atoms with Gasteiger partial charge in [0.15, 0.2) is 0 Å². The van der Waals surface area contributed by atoms with Crippen LogP contribution in [-0.2, 0) is 11.2 Å². The number of nitrogens with zero attached hydrogens (tertiary/aromatic N) is 1. The first kappa shape index (κ1) is 17.0. The molecule has 0 bridgehead atoms. The number of nitrogens with one attached hydrogen (secondary N) is 2. The van der Waals surface area contributed by atoms with Gasteiger partial charge >= 0.3 is 0 Å². The van der Waals surface area contributed by atoms with Crippen molar-refractivity contribution < 1.29 is 4.79 Å². The van der Waals surface area contributed by atoms with Gasteiger partial charge in [0.1, 0.15) is 11.6 Å². The molecular formula is C20H21N3O2. The quantitative estimate of drug-likeness (QED) is 0.880. The highest BCUT2D eigenvalue weighted by Crippen LogP contribution is 2.40. The van der Waals surface area contributed by atoms with E-state index >= 15 is 0 Å². The van der Waals surface area contributed by atoms with Gasteiger partial charge in [0, 0.05) is 24.1 Å². The van der Waals surface area contributed by atoms with Crippen LogP contribution in [-0.4, -0.2) is 16.9 Å². The first-order chi connectivity index (χ1) is 12.0. The van der Waals surface area contributed by atoms with Gasteiger partial charge in [-0.3, -0.25) is 9.59 Å². The highest BCUT2D eigenvalue weighted by atomic mass is 16.1. The summed E-state index contributed by atoms with van der Waals surface area (Å²) in [5, 5.41) is 12.2. The number of hydrogen-bond donors (Lipinski definition) is 2. The maximum atomic E-state index is 12.2. The Morgan fingerprint density at radius 2 is 2.04 bits per heavy atom. The van der Waals surface area contributed by atoms with E-state index in [0.717, 1.165) is 17.7 Å². The van der Waals surface area contributed by atoms with Crippen molar-refractivity contribution in [2.75, 3.05) is 0 Å². The van der Waals surface area contributed by atoms with Gasteiger partial charge in [-0.2, -0.15) is 5.26 Å². The maximum Gasteiger partial charge on any atom is 0.266 e. The molecule has 1 aromatic heterocycles. The SMILES string of the molecule is Cc1[nH]c(=O)c(C#N)c(C)c1CCC(=O)N[C@@H]1C[C@@H]1c1ccccc1. The van der Waals surface area contributed by atoms with E-state index in [4.69, 9.17) is 5.26 Å². The fourth-order valence-electron chi connectivity index (χ4n) is 3.36. The molecule has 0 spiro atoms. The summed E-state index contributed by atoms with van der Waals surface area (Å²) in [5.74, 6) is 0.416. The van der Waals surface area contributed by atoms with Crippen molar-refractivity contribution in [2.24, 2.45) is 0 Å². The molecule has 5 heteroatoms. The molecule has 1 aliphatic rings. The van der Waals surface area contributed by atoms with E-state index in [9.17, 15) is 9.59 Å². The van der Waals surface area contributed by atoms with Crippen LogP contribution in [0.3, 0.4) is 0 Å². The van der Waals surface area contributed by atoms with E-state index in [0.29, 0.717) is 24.3 Å². The van der Waals surface area contributed by atoms with Crippen molar-refractivity contribution in [3.8, 4) is 6.07 Å². The minimum Gasteiger partial charge on any atom is -0.353 e. The molecule has 1 aliphatic carbocycles. The van der Waals surface area contributed by atoms with Crippen molar-refractivity contribution in [2.45, 2.75) is 45.1 Å². The van der Waals surface area contributed by atoms with Gasteiger partial charge in [0.05, 0.1) is 0 Å². The number of aromatic nitrogens is 1. The predicted molar refractivity (Wildman–Crippen MR) is 95.3 cm³/mol. The molecule has 3 rings (SSSR count). The zero-order valence-corrected chi connectivity index (χ0v) is 14.4. The van der Waals surface area contributed by atoms with Crippen molar-refractivity contribution in [1.82, 2.24) is 10.3 Å². The van der Waals surface area contributed by atoms with Crippen molar-refractivity contribution in [3.63, 3.8) is 0 Å². The Morgan fingerprint density at radius 1 is 1.32 bits per heavy atom.